The fourth-order valence-corrected chi connectivity index (χ4v) is 5.01. The molecule has 1 aromatic carbocycles. The SMILES string of the molecule is COc1ccc(-c2cc(-c3ccco3)c(C#N)c(=O)n2[C@@H]2O[C@@H](COC(C)=O)[C@H](OC(C)=O)[C@H](OC(C)=O)[C@@H]2OC(C)=O)cc1. The zero-order valence-electron chi connectivity index (χ0n) is 25.0. The average molecular weight is 623 g/mol. The molecule has 0 saturated carbocycles. The van der Waals surface area contributed by atoms with Crippen molar-refractivity contribution in [3.63, 3.8) is 0 Å². The Kier molecular flexibility index (Phi) is 10.0. The lowest BCUT2D eigenvalue weighted by molar-refractivity contribution is -0.268. The van der Waals surface area contributed by atoms with Gasteiger partial charge in [-0.15, -0.1) is 0 Å². The lowest BCUT2D eigenvalue weighted by atomic mass is 9.95. The second-order valence-electron chi connectivity index (χ2n) is 9.90. The van der Waals surface area contributed by atoms with E-state index in [4.69, 9.17) is 32.8 Å². The summed E-state index contributed by atoms with van der Waals surface area (Å²) in [7, 11) is 1.49. The molecule has 1 fully saturated rings. The van der Waals surface area contributed by atoms with Gasteiger partial charge in [-0.2, -0.15) is 5.26 Å². The van der Waals surface area contributed by atoms with Crippen molar-refractivity contribution in [1.82, 2.24) is 4.57 Å². The van der Waals surface area contributed by atoms with Crippen LogP contribution < -0.4 is 10.3 Å². The minimum atomic E-state index is -1.60. The summed E-state index contributed by atoms with van der Waals surface area (Å²) in [6, 6.07) is 13.2. The maximum atomic E-state index is 14.3. The van der Waals surface area contributed by atoms with Crippen LogP contribution in [0, 0.1) is 11.3 Å². The molecule has 0 amide bonds. The van der Waals surface area contributed by atoms with Gasteiger partial charge in [0.25, 0.3) is 5.56 Å². The van der Waals surface area contributed by atoms with Gasteiger partial charge in [0.2, 0.25) is 0 Å². The Morgan fingerprint density at radius 1 is 0.889 bits per heavy atom. The number of furan rings is 1. The number of ether oxygens (including phenoxy) is 6. The molecule has 3 heterocycles. The van der Waals surface area contributed by atoms with Crippen molar-refractivity contribution in [3.05, 3.63) is 64.6 Å². The molecule has 1 aliphatic heterocycles. The van der Waals surface area contributed by atoms with Crippen LogP contribution in [0.3, 0.4) is 0 Å². The minimum Gasteiger partial charge on any atom is -0.497 e. The number of aromatic nitrogens is 1. The number of methoxy groups -OCH3 is 1. The van der Waals surface area contributed by atoms with Gasteiger partial charge in [0.1, 0.15) is 35.9 Å². The fourth-order valence-electron chi connectivity index (χ4n) is 5.01. The molecule has 0 bridgehead atoms. The smallest absolute Gasteiger partial charge is 0.303 e. The molecule has 5 atom stereocenters. The van der Waals surface area contributed by atoms with Crippen LogP contribution in [-0.4, -0.2) is 66.6 Å². The Hall–Kier alpha value is -5.42. The third-order valence-electron chi connectivity index (χ3n) is 6.75. The van der Waals surface area contributed by atoms with Gasteiger partial charge in [-0.3, -0.25) is 28.5 Å². The van der Waals surface area contributed by atoms with Gasteiger partial charge in [0.15, 0.2) is 24.5 Å². The zero-order chi connectivity index (χ0) is 32.8. The summed E-state index contributed by atoms with van der Waals surface area (Å²) in [5.41, 5.74) is -0.430. The number of benzene rings is 1. The van der Waals surface area contributed by atoms with Crippen molar-refractivity contribution in [3.8, 4) is 34.4 Å². The molecule has 1 saturated heterocycles. The molecule has 0 aliphatic carbocycles. The third-order valence-corrected chi connectivity index (χ3v) is 6.75. The van der Waals surface area contributed by atoms with E-state index >= 15 is 0 Å². The first kappa shape index (κ1) is 32.5. The van der Waals surface area contributed by atoms with Gasteiger partial charge < -0.3 is 32.8 Å². The third kappa shape index (κ3) is 7.22. The Bertz CT molecular complexity index is 1670. The molecule has 3 aromatic rings. The lowest BCUT2D eigenvalue weighted by Gasteiger charge is -2.45. The molecule has 0 radical (unpaired) electrons. The van der Waals surface area contributed by atoms with Gasteiger partial charge in [0.05, 0.1) is 19.1 Å². The molecular formula is C31H30N2O12. The van der Waals surface area contributed by atoms with E-state index in [0.717, 1.165) is 32.3 Å². The summed E-state index contributed by atoms with van der Waals surface area (Å²) >= 11 is 0. The van der Waals surface area contributed by atoms with Crippen LogP contribution in [-0.2, 0) is 42.9 Å². The second-order valence-corrected chi connectivity index (χ2v) is 9.90. The van der Waals surface area contributed by atoms with E-state index in [-0.39, 0.29) is 22.6 Å². The van der Waals surface area contributed by atoms with E-state index in [0.29, 0.717) is 11.3 Å². The van der Waals surface area contributed by atoms with E-state index in [9.17, 15) is 29.2 Å². The summed E-state index contributed by atoms with van der Waals surface area (Å²) in [5.74, 6) is -2.45. The number of nitriles is 1. The Balaban J connectivity index is 2.04. The quantitative estimate of drug-likeness (QED) is 0.251. The summed E-state index contributed by atoms with van der Waals surface area (Å²) in [6.45, 7) is 3.91. The molecule has 14 heteroatoms. The lowest BCUT2D eigenvalue weighted by Crippen LogP contribution is -2.61. The van der Waals surface area contributed by atoms with Crippen LogP contribution in [0.2, 0.25) is 0 Å². The van der Waals surface area contributed by atoms with Crippen molar-refractivity contribution in [2.24, 2.45) is 0 Å². The van der Waals surface area contributed by atoms with E-state index < -0.39 is 66.7 Å². The molecular weight excluding hydrogens is 592 g/mol. The van der Waals surface area contributed by atoms with Gasteiger partial charge in [-0.25, -0.2) is 0 Å². The van der Waals surface area contributed by atoms with E-state index in [1.165, 1.54) is 19.4 Å². The minimum absolute atomic E-state index is 0.167. The van der Waals surface area contributed by atoms with E-state index in [1.54, 1.807) is 36.4 Å². The number of nitrogens with zero attached hydrogens (tertiary/aromatic N) is 2. The Labute approximate surface area is 256 Å². The first-order chi connectivity index (χ1) is 21.4. The summed E-state index contributed by atoms with van der Waals surface area (Å²) in [5, 5.41) is 10.1. The average Bonchev–Trinajstić information content (AvgIpc) is 3.52. The van der Waals surface area contributed by atoms with Crippen molar-refractivity contribution in [2.45, 2.75) is 58.3 Å². The number of esters is 4. The maximum Gasteiger partial charge on any atom is 0.303 e. The second kappa shape index (κ2) is 13.9. The number of hydrogen-bond acceptors (Lipinski definition) is 13. The number of carbonyl (C=O) groups excluding carboxylic acids is 4. The van der Waals surface area contributed by atoms with Gasteiger partial charge in [-0.1, -0.05) is 0 Å². The van der Waals surface area contributed by atoms with Gasteiger partial charge in [0, 0.05) is 33.3 Å². The first-order valence-electron chi connectivity index (χ1n) is 13.6. The van der Waals surface area contributed by atoms with Crippen molar-refractivity contribution in [1.29, 1.82) is 5.26 Å². The van der Waals surface area contributed by atoms with E-state index in [2.05, 4.69) is 0 Å². The van der Waals surface area contributed by atoms with Crippen LogP contribution >= 0.6 is 0 Å². The predicted octanol–water partition coefficient (Wildman–Crippen LogP) is 2.91. The highest BCUT2D eigenvalue weighted by atomic mass is 16.7. The summed E-state index contributed by atoms with van der Waals surface area (Å²) in [6.07, 6.45) is -6.13. The topological polar surface area (TPSA) is 183 Å². The van der Waals surface area contributed by atoms with Crippen LogP contribution in [0.4, 0.5) is 0 Å². The highest BCUT2D eigenvalue weighted by Crippen LogP contribution is 2.38. The number of hydrogen-bond donors (Lipinski definition) is 0. The monoisotopic (exact) mass is 622 g/mol. The van der Waals surface area contributed by atoms with Gasteiger partial charge in [-0.05, 0) is 48.0 Å². The van der Waals surface area contributed by atoms with Gasteiger partial charge >= 0.3 is 23.9 Å². The van der Waals surface area contributed by atoms with Crippen LogP contribution in [0.15, 0.2) is 57.9 Å². The molecule has 14 nitrogen and oxygen atoms in total. The van der Waals surface area contributed by atoms with Crippen LogP contribution in [0.1, 0.15) is 39.5 Å². The van der Waals surface area contributed by atoms with Crippen LogP contribution in [0.25, 0.3) is 22.6 Å². The highest BCUT2D eigenvalue weighted by Gasteiger charge is 2.53. The maximum absolute atomic E-state index is 14.3. The predicted molar refractivity (Wildman–Crippen MR) is 152 cm³/mol. The number of pyridine rings is 1. The first-order valence-corrected chi connectivity index (χ1v) is 13.6. The molecule has 0 unspecified atom stereocenters. The van der Waals surface area contributed by atoms with E-state index in [1.807, 2.05) is 6.07 Å². The summed E-state index contributed by atoms with van der Waals surface area (Å²) in [4.78, 5) is 63.0. The molecule has 1 aliphatic rings. The van der Waals surface area contributed by atoms with Crippen molar-refractivity contribution in [2.75, 3.05) is 13.7 Å². The molecule has 2 aromatic heterocycles. The zero-order valence-corrected chi connectivity index (χ0v) is 25.0. The Morgan fingerprint density at radius 2 is 1.51 bits per heavy atom. The van der Waals surface area contributed by atoms with Crippen molar-refractivity contribution < 1.29 is 52.0 Å². The van der Waals surface area contributed by atoms with Crippen LogP contribution in [0.5, 0.6) is 5.75 Å². The standard InChI is InChI=1S/C31H30N2O12/c1-16(34)41-15-26-27(42-17(2)35)28(43-18(3)36)29(44-19(4)37)31(45-26)33-24(20-8-10-21(39-5)11-9-20)13-22(23(14-32)30(33)38)25-7-6-12-40-25/h6-13,26-29,31H,15H2,1-5H3/t26-,27-,28-,29-,31+/m0/s1. The van der Waals surface area contributed by atoms with Crippen molar-refractivity contribution >= 4 is 23.9 Å². The molecule has 0 spiro atoms. The molecule has 0 N–H and O–H groups in total. The molecule has 4 rings (SSSR count). The number of carbonyl (C=O) groups is 4. The molecule has 236 valence electrons. The molecule has 45 heavy (non-hydrogen) atoms. The fraction of sp³-hybridized carbons (Fsp3) is 0.355. The highest BCUT2D eigenvalue weighted by molar-refractivity contribution is 5.74. The number of rotatable bonds is 9. The normalized spacial score (nSPS) is 20.8. The summed E-state index contributed by atoms with van der Waals surface area (Å²) < 4.78 is 39.8. The largest absolute Gasteiger partial charge is 0.497 e. The Morgan fingerprint density at radius 3 is 2.04 bits per heavy atom.